The zero-order chi connectivity index (χ0) is 9.97. The van der Waals surface area contributed by atoms with Gasteiger partial charge in [0.25, 0.3) is 0 Å². The van der Waals surface area contributed by atoms with Crippen molar-refractivity contribution >= 4 is 0 Å². The lowest BCUT2D eigenvalue weighted by molar-refractivity contribution is 0.0613. The second-order valence-corrected chi connectivity index (χ2v) is 3.96. The maximum absolute atomic E-state index is 5.82. The molecule has 0 saturated carbocycles. The molecule has 0 aromatic rings. The monoisotopic (exact) mass is 194 g/mol. The van der Waals surface area contributed by atoms with E-state index >= 15 is 0 Å². The summed E-state index contributed by atoms with van der Waals surface area (Å²) in [6, 6.07) is 0. The molecule has 1 heterocycles. The van der Waals surface area contributed by atoms with Gasteiger partial charge in [-0.05, 0) is 49.5 Å². The summed E-state index contributed by atoms with van der Waals surface area (Å²) in [7, 11) is 0. The molecule has 0 aromatic carbocycles. The molecular weight excluding hydrogens is 176 g/mol. The lowest BCUT2D eigenvalue weighted by Gasteiger charge is -2.30. The van der Waals surface area contributed by atoms with Crippen molar-refractivity contribution in [2.45, 2.75) is 31.8 Å². The Morgan fingerprint density at radius 1 is 1.36 bits per heavy atom. The quantitative estimate of drug-likeness (QED) is 0.691. The van der Waals surface area contributed by atoms with Crippen LogP contribution in [0.4, 0.5) is 0 Å². The third-order valence-electron chi connectivity index (χ3n) is 2.96. The van der Waals surface area contributed by atoms with E-state index in [4.69, 9.17) is 16.2 Å². The van der Waals surface area contributed by atoms with E-state index in [1.54, 1.807) is 0 Å². The van der Waals surface area contributed by atoms with Crippen LogP contribution in [0.1, 0.15) is 25.7 Å². The van der Waals surface area contributed by atoms with Gasteiger partial charge in [0, 0.05) is 5.70 Å². The molecule has 0 bridgehead atoms. The van der Waals surface area contributed by atoms with E-state index < -0.39 is 0 Å². The SMILES string of the molecule is NCCC1OCCC2=C1CCC(N)=C2. The molecule has 0 amide bonds. The fourth-order valence-electron chi connectivity index (χ4n) is 2.25. The average Bonchev–Trinajstić information content (AvgIpc) is 2.18. The third-order valence-corrected chi connectivity index (χ3v) is 2.96. The van der Waals surface area contributed by atoms with Gasteiger partial charge in [-0.15, -0.1) is 0 Å². The van der Waals surface area contributed by atoms with Crippen LogP contribution in [0.3, 0.4) is 0 Å². The number of hydrogen-bond acceptors (Lipinski definition) is 3. The first-order valence-corrected chi connectivity index (χ1v) is 5.31. The standard InChI is InChI=1S/C11H18N2O/c12-5-3-11-10-2-1-9(13)7-8(10)4-6-14-11/h7,11H,1-6,12-13H2. The third kappa shape index (κ3) is 1.83. The van der Waals surface area contributed by atoms with Crippen LogP contribution in [0, 0.1) is 0 Å². The van der Waals surface area contributed by atoms with Crippen LogP contribution in [0.25, 0.3) is 0 Å². The predicted molar refractivity (Wildman–Crippen MR) is 56.6 cm³/mol. The van der Waals surface area contributed by atoms with Crippen LogP contribution in [0.5, 0.6) is 0 Å². The van der Waals surface area contributed by atoms with Crippen LogP contribution in [-0.4, -0.2) is 19.3 Å². The van der Waals surface area contributed by atoms with Gasteiger partial charge in [-0.2, -0.15) is 0 Å². The summed E-state index contributed by atoms with van der Waals surface area (Å²) in [5.41, 5.74) is 15.2. The Labute approximate surface area is 84.8 Å². The largest absolute Gasteiger partial charge is 0.402 e. The molecular formula is C11H18N2O. The summed E-state index contributed by atoms with van der Waals surface area (Å²) in [6.45, 7) is 1.51. The van der Waals surface area contributed by atoms with Gasteiger partial charge in [0.1, 0.15) is 0 Å². The zero-order valence-corrected chi connectivity index (χ0v) is 8.46. The highest BCUT2D eigenvalue weighted by Crippen LogP contribution is 2.32. The maximum Gasteiger partial charge on any atom is 0.0803 e. The molecule has 3 nitrogen and oxygen atoms in total. The molecule has 0 radical (unpaired) electrons. The lowest BCUT2D eigenvalue weighted by atomic mass is 9.87. The molecule has 1 aliphatic heterocycles. The van der Waals surface area contributed by atoms with Crippen molar-refractivity contribution in [2.24, 2.45) is 11.5 Å². The predicted octanol–water partition coefficient (Wildman–Crippen LogP) is 1.06. The number of hydrogen-bond donors (Lipinski definition) is 2. The van der Waals surface area contributed by atoms with Crippen LogP contribution in [-0.2, 0) is 4.74 Å². The summed E-state index contributed by atoms with van der Waals surface area (Å²) in [5.74, 6) is 0. The molecule has 0 aromatic heterocycles. The van der Waals surface area contributed by atoms with Gasteiger partial charge >= 0.3 is 0 Å². The summed E-state index contributed by atoms with van der Waals surface area (Å²) in [5, 5.41) is 0. The highest BCUT2D eigenvalue weighted by Gasteiger charge is 2.24. The van der Waals surface area contributed by atoms with Gasteiger partial charge in [-0.3, -0.25) is 0 Å². The molecule has 3 heteroatoms. The van der Waals surface area contributed by atoms with E-state index in [9.17, 15) is 0 Å². The minimum absolute atomic E-state index is 0.257. The van der Waals surface area contributed by atoms with Crippen LogP contribution < -0.4 is 11.5 Å². The summed E-state index contributed by atoms with van der Waals surface area (Å²) in [6.07, 6.45) is 6.37. The molecule has 0 fully saturated rings. The maximum atomic E-state index is 5.82. The molecule has 1 unspecified atom stereocenters. The smallest absolute Gasteiger partial charge is 0.0803 e. The van der Waals surface area contributed by atoms with E-state index in [1.165, 1.54) is 11.1 Å². The minimum Gasteiger partial charge on any atom is -0.402 e. The molecule has 0 spiro atoms. The van der Waals surface area contributed by atoms with Crippen LogP contribution >= 0.6 is 0 Å². The fourth-order valence-corrected chi connectivity index (χ4v) is 2.25. The number of rotatable bonds is 2. The Hall–Kier alpha value is -0.800. The van der Waals surface area contributed by atoms with Crippen molar-refractivity contribution in [3.63, 3.8) is 0 Å². The van der Waals surface area contributed by atoms with E-state index in [-0.39, 0.29) is 6.10 Å². The van der Waals surface area contributed by atoms with Crippen molar-refractivity contribution < 1.29 is 4.74 Å². The zero-order valence-electron chi connectivity index (χ0n) is 8.46. The normalized spacial score (nSPS) is 27.2. The average molecular weight is 194 g/mol. The Morgan fingerprint density at radius 2 is 2.21 bits per heavy atom. The van der Waals surface area contributed by atoms with Crippen molar-refractivity contribution in [1.29, 1.82) is 0 Å². The summed E-state index contributed by atoms with van der Waals surface area (Å²) < 4.78 is 5.72. The molecule has 0 saturated heterocycles. The topological polar surface area (TPSA) is 61.3 Å². The highest BCUT2D eigenvalue weighted by molar-refractivity contribution is 5.36. The number of allylic oxidation sites excluding steroid dienone is 2. The van der Waals surface area contributed by atoms with Gasteiger partial charge in [0.05, 0.1) is 12.7 Å². The molecule has 1 aliphatic carbocycles. The summed E-state index contributed by atoms with van der Waals surface area (Å²) >= 11 is 0. The summed E-state index contributed by atoms with van der Waals surface area (Å²) in [4.78, 5) is 0. The van der Waals surface area contributed by atoms with E-state index in [0.717, 1.165) is 38.0 Å². The minimum atomic E-state index is 0.257. The fraction of sp³-hybridized carbons (Fsp3) is 0.636. The van der Waals surface area contributed by atoms with Crippen molar-refractivity contribution in [3.8, 4) is 0 Å². The van der Waals surface area contributed by atoms with Gasteiger partial charge < -0.3 is 16.2 Å². The second kappa shape index (κ2) is 4.15. The molecule has 78 valence electrons. The van der Waals surface area contributed by atoms with E-state index in [0.29, 0.717) is 6.54 Å². The highest BCUT2D eigenvalue weighted by atomic mass is 16.5. The van der Waals surface area contributed by atoms with Gasteiger partial charge in [0.15, 0.2) is 0 Å². The van der Waals surface area contributed by atoms with Crippen molar-refractivity contribution in [1.82, 2.24) is 0 Å². The Morgan fingerprint density at radius 3 is 3.00 bits per heavy atom. The Kier molecular flexibility index (Phi) is 2.89. The lowest BCUT2D eigenvalue weighted by Crippen LogP contribution is -2.27. The Balaban J connectivity index is 2.19. The molecule has 2 rings (SSSR count). The van der Waals surface area contributed by atoms with Crippen LogP contribution in [0.2, 0.25) is 0 Å². The molecule has 2 aliphatic rings. The second-order valence-electron chi connectivity index (χ2n) is 3.96. The van der Waals surface area contributed by atoms with Crippen LogP contribution in [0.15, 0.2) is 22.9 Å². The Bertz CT molecular complexity index is 281. The van der Waals surface area contributed by atoms with E-state index in [1.807, 2.05) is 0 Å². The molecule has 14 heavy (non-hydrogen) atoms. The van der Waals surface area contributed by atoms with Gasteiger partial charge in [0.2, 0.25) is 0 Å². The molecule has 1 atom stereocenters. The number of ether oxygens (including phenoxy) is 1. The number of nitrogens with two attached hydrogens (primary N) is 2. The van der Waals surface area contributed by atoms with Gasteiger partial charge in [-0.25, -0.2) is 0 Å². The first-order chi connectivity index (χ1) is 6.81. The molecule has 4 N–H and O–H groups in total. The van der Waals surface area contributed by atoms with Gasteiger partial charge in [-0.1, -0.05) is 0 Å². The first kappa shape index (κ1) is 9.74. The van der Waals surface area contributed by atoms with Crippen molar-refractivity contribution in [3.05, 3.63) is 22.9 Å². The van der Waals surface area contributed by atoms with E-state index in [2.05, 4.69) is 6.08 Å². The first-order valence-electron chi connectivity index (χ1n) is 5.31. The van der Waals surface area contributed by atoms with Crippen molar-refractivity contribution in [2.75, 3.05) is 13.2 Å².